The summed E-state index contributed by atoms with van der Waals surface area (Å²) in [4.78, 5) is 21.6. The second-order valence-electron chi connectivity index (χ2n) is 2.75. The number of anilines is 1. The van der Waals surface area contributed by atoms with E-state index >= 15 is 0 Å². The van der Waals surface area contributed by atoms with Crippen molar-refractivity contribution in [1.29, 1.82) is 0 Å². The molecule has 80 valence electrons. The third-order valence-corrected chi connectivity index (χ3v) is 1.93. The number of nitrogens with one attached hydrogen (secondary N) is 2. The lowest BCUT2D eigenvalue weighted by atomic mass is 10.1. The number of rotatable bonds is 4. The van der Waals surface area contributed by atoms with E-state index in [1.54, 1.807) is 25.2 Å². The quantitative estimate of drug-likeness (QED) is 0.712. The summed E-state index contributed by atoms with van der Waals surface area (Å²) in [5.74, 6) is 0.0956. The summed E-state index contributed by atoms with van der Waals surface area (Å²) in [6.45, 7) is 0. The van der Waals surface area contributed by atoms with Gasteiger partial charge < -0.3 is 10.1 Å². The van der Waals surface area contributed by atoms with Crippen molar-refractivity contribution in [2.45, 2.75) is 0 Å². The fourth-order valence-corrected chi connectivity index (χ4v) is 1.19. The van der Waals surface area contributed by atoms with Crippen LogP contribution in [0, 0.1) is 0 Å². The minimum Gasteiger partial charge on any atom is -0.497 e. The number of ether oxygens (including phenoxy) is 1. The van der Waals surface area contributed by atoms with Gasteiger partial charge in [0.2, 0.25) is 6.41 Å². The van der Waals surface area contributed by atoms with Crippen LogP contribution in [0.15, 0.2) is 18.2 Å². The van der Waals surface area contributed by atoms with Crippen LogP contribution in [-0.2, 0) is 4.79 Å². The van der Waals surface area contributed by atoms with E-state index in [4.69, 9.17) is 4.74 Å². The van der Waals surface area contributed by atoms with Crippen LogP contribution in [0.25, 0.3) is 0 Å². The zero-order valence-corrected chi connectivity index (χ0v) is 8.53. The van der Waals surface area contributed by atoms with E-state index < -0.39 is 5.91 Å². The topological polar surface area (TPSA) is 67.4 Å². The molecular weight excluding hydrogens is 196 g/mol. The summed E-state index contributed by atoms with van der Waals surface area (Å²) in [6, 6.07) is 4.99. The number of carbonyl (C=O) groups excluding carboxylic acids is 2. The highest BCUT2D eigenvalue weighted by Crippen LogP contribution is 2.21. The number of imide groups is 1. The van der Waals surface area contributed by atoms with Crippen LogP contribution in [0.4, 0.5) is 5.69 Å². The summed E-state index contributed by atoms with van der Waals surface area (Å²) in [6.07, 6.45) is 0.348. The predicted octanol–water partition coefficient (Wildman–Crippen LogP) is 0.623. The molecule has 0 fully saturated rings. The molecule has 5 nitrogen and oxygen atoms in total. The fraction of sp³-hybridized carbons (Fsp3) is 0.200. The molecule has 1 aromatic carbocycles. The molecule has 0 aromatic heterocycles. The number of carbonyl (C=O) groups is 2. The van der Waals surface area contributed by atoms with Crippen LogP contribution in [0.5, 0.6) is 5.75 Å². The molecule has 1 aromatic rings. The van der Waals surface area contributed by atoms with Gasteiger partial charge in [-0.3, -0.25) is 14.9 Å². The van der Waals surface area contributed by atoms with Crippen molar-refractivity contribution in [3.63, 3.8) is 0 Å². The predicted molar refractivity (Wildman–Crippen MR) is 56.1 cm³/mol. The molecule has 0 radical (unpaired) electrons. The summed E-state index contributed by atoms with van der Waals surface area (Å²) >= 11 is 0. The number of hydrogen-bond acceptors (Lipinski definition) is 4. The average molecular weight is 208 g/mol. The van der Waals surface area contributed by atoms with Gasteiger partial charge in [-0.15, -0.1) is 0 Å². The van der Waals surface area contributed by atoms with Crippen molar-refractivity contribution < 1.29 is 14.3 Å². The first-order valence-electron chi connectivity index (χ1n) is 4.33. The monoisotopic (exact) mass is 208 g/mol. The highest BCUT2D eigenvalue weighted by molar-refractivity contribution is 6.04. The first-order valence-corrected chi connectivity index (χ1v) is 4.33. The van der Waals surface area contributed by atoms with Crippen LogP contribution < -0.4 is 15.4 Å². The Morgan fingerprint density at radius 1 is 1.47 bits per heavy atom. The first kappa shape index (κ1) is 11.0. The lowest BCUT2D eigenvalue weighted by Gasteiger charge is -2.09. The van der Waals surface area contributed by atoms with Crippen molar-refractivity contribution in [2.24, 2.45) is 0 Å². The molecule has 5 heteroatoms. The third-order valence-electron chi connectivity index (χ3n) is 1.93. The smallest absolute Gasteiger partial charge is 0.259 e. The molecule has 0 bridgehead atoms. The van der Waals surface area contributed by atoms with E-state index in [0.29, 0.717) is 23.4 Å². The SMILES string of the molecule is CNc1ccc(OC)cc1C(=O)NC=O. The van der Waals surface area contributed by atoms with Crippen LogP contribution in [0.2, 0.25) is 0 Å². The first-order chi connectivity index (χ1) is 7.22. The highest BCUT2D eigenvalue weighted by Gasteiger charge is 2.10. The van der Waals surface area contributed by atoms with Gasteiger partial charge in [-0.05, 0) is 18.2 Å². The van der Waals surface area contributed by atoms with Gasteiger partial charge in [0.05, 0.1) is 12.7 Å². The van der Waals surface area contributed by atoms with Crippen LogP contribution in [0.1, 0.15) is 10.4 Å². The Labute approximate surface area is 87.4 Å². The Morgan fingerprint density at radius 3 is 2.73 bits per heavy atom. The van der Waals surface area contributed by atoms with Crippen molar-refractivity contribution in [3.8, 4) is 5.75 Å². The largest absolute Gasteiger partial charge is 0.497 e. The van der Waals surface area contributed by atoms with Crippen molar-refractivity contribution in [3.05, 3.63) is 23.8 Å². The van der Waals surface area contributed by atoms with E-state index in [-0.39, 0.29) is 0 Å². The Bertz CT molecular complexity index is 377. The van der Waals surface area contributed by atoms with Gasteiger partial charge >= 0.3 is 0 Å². The number of methoxy groups -OCH3 is 1. The molecule has 1 rings (SSSR count). The van der Waals surface area contributed by atoms with Gasteiger partial charge in [-0.2, -0.15) is 0 Å². The molecule has 2 amide bonds. The third kappa shape index (κ3) is 2.46. The Hall–Kier alpha value is -2.04. The lowest BCUT2D eigenvalue weighted by molar-refractivity contribution is -0.108. The zero-order chi connectivity index (χ0) is 11.3. The molecule has 0 aliphatic heterocycles. The fourth-order valence-electron chi connectivity index (χ4n) is 1.19. The normalized spacial score (nSPS) is 9.20. The van der Waals surface area contributed by atoms with Gasteiger partial charge in [0.25, 0.3) is 5.91 Å². The maximum atomic E-state index is 11.5. The summed E-state index contributed by atoms with van der Waals surface area (Å²) in [7, 11) is 3.20. The minimum atomic E-state index is -0.465. The summed E-state index contributed by atoms with van der Waals surface area (Å²) in [5, 5.41) is 4.93. The zero-order valence-electron chi connectivity index (χ0n) is 8.53. The van der Waals surface area contributed by atoms with Gasteiger partial charge in [0.1, 0.15) is 5.75 Å². The van der Waals surface area contributed by atoms with E-state index in [9.17, 15) is 9.59 Å². The van der Waals surface area contributed by atoms with Gasteiger partial charge in [0.15, 0.2) is 0 Å². The number of amides is 2. The molecule has 2 N–H and O–H groups in total. The lowest BCUT2D eigenvalue weighted by Crippen LogP contribution is -2.22. The standard InChI is InChI=1S/C10H12N2O3/c1-11-9-4-3-7(15-2)5-8(9)10(14)12-6-13/h3-6,11H,1-2H3,(H,12,13,14). The number of benzene rings is 1. The van der Waals surface area contributed by atoms with Crippen molar-refractivity contribution in [2.75, 3.05) is 19.5 Å². The maximum Gasteiger partial charge on any atom is 0.259 e. The minimum absolute atomic E-state index is 0.348. The van der Waals surface area contributed by atoms with E-state index in [2.05, 4.69) is 10.6 Å². The maximum absolute atomic E-state index is 11.5. The summed E-state index contributed by atoms with van der Waals surface area (Å²) < 4.78 is 4.99. The molecule has 0 saturated heterocycles. The molecule has 0 atom stereocenters. The Morgan fingerprint density at radius 2 is 2.20 bits per heavy atom. The van der Waals surface area contributed by atoms with E-state index in [0.717, 1.165) is 0 Å². The van der Waals surface area contributed by atoms with Crippen molar-refractivity contribution in [1.82, 2.24) is 5.32 Å². The Balaban J connectivity index is 3.10. The number of hydrogen-bond donors (Lipinski definition) is 2. The van der Waals surface area contributed by atoms with Gasteiger partial charge in [-0.25, -0.2) is 0 Å². The van der Waals surface area contributed by atoms with Crippen LogP contribution in [0.3, 0.4) is 0 Å². The van der Waals surface area contributed by atoms with Gasteiger partial charge in [0, 0.05) is 12.7 Å². The van der Waals surface area contributed by atoms with E-state index in [1.165, 1.54) is 7.11 Å². The molecule has 0 unspecified atom stereocenters. The second-order valence-corrected chi connectivity index (χ2v) is 2.75. The van der Waals surface area contributed by atoms with Crippen molar-refractivity contribution >= 4 is 18.0 Å². The molecule has 0 aliphatic carbocycles. The van der Waals surface area contributed by atoms with Crippen LogP contribution in [-0.4, -0.2) is 26.5 Å². The molecule has 15 heavy (non-hydrogen) atoms. The molecule has 0 spiro atoms. The summed E-state index contributed by atoms with van der Waals surface area (Å²) in [5.41, 5.74) is 0.999. The molecular formula is C10H12N2O3. The van der Waals surface area contributed by atoms with Gasteiger partial charge in [-0.1, -0.05) is 0 Å². The second kappa shape index (κ2) is 4.99. The molecule has 0 aliphatic rings. The highest BCUT2D eigenvalue weighted by atomic mass is 16.5. The molecule has 0 saturated carbocycles. The Kier molecular flexibility index (Phi) is 3.68. The molecule has 0 heterocycles. The average Bonchev–Trinajstić information content (AvgIpc) is 2.28. The van der Waals surface area contributed by atoms with E-state index in [1.807, 2.05) is 0 Å². The van der Waals surface area contributed by atoms with Crippen LogP contribution >= 0.6 is 0 Å².